The lowest BCUT2D eigenvalue weighted by Gasteiger charge is -2.21. The molecular weight excluding hydrogens is 495 g/mol. The molecule has 0 aliphatic heterocycles. The van der Waals surface area contributed by atoms with Gasteiger partial charge >= 0.3 is 23.8 Å². The molecule has 3 rings (SSSR count). The van der Waals surface area contributed by atoms with Crippen LogP contribution in [0.4, 0.5) is 13.2 Å². The van der Waals surface area contributed by atoms with Gasteiger partial charge in [0.25, 0.3) is 0 Å². The molecule has 198 valence electrons. The molecule has 0 amide bonds. The number of carbonyl (C=O) groups is 2. The Balaban J connectivity index is 1.71. The Morgan fingerprint density at radius 1 is 1.03 bits per heavy atom. The van der Waals surface area contributed by atoms with Crippen LogP contribution < -0.4 is 10.4 Å². The number of nitrogens with zero attached hydrogens (tertiary/aromatic N) is 3. The molecule has 0 aliphatic rings. The predicted molar refractivity (Wildman–Crippen MR) is 125 cm³/mol. The molecule has 0 spiro atoms. The van der Waals surface area contributed by atoms with E-state index in [1.807, 2.05) is 6.92 Å². The van der Waals surface area contributed by atoms with Gasteiger partial charge in [0.2, 0.25) is 0 Å². The highest BCUT2D eigenvalue weighted by Gasteiger charge is 2.30. The summed E-state index contributed by atoms with van der Waals surface area (Å²) < 4.78 is 51.6. The molecule has 1 N–H and O–H groups in total. The zero-order valence-electron chi connectivity index (χ0n) is 20.4. The van der Waals surface area contributed by atoms with E-state index in [0.29, 0.717) is 18.5 Å². The summed E-state index contributed by atoms with van der Waals surface area (Å²) in [5.74, 6) is -1.40. The largest absolute Gasteiger partial charge is 0.478 e. The number of ether oxygens (including phenoxy) is 2. The van der Waals surface area contributed by atoms with E-state index in [4.69, 9.17) is 14.6 Å². The van der Waals surface area contributed by atoms with Crippen LogP contribution in [-0.2, 0) is 35.4 Å². The molecule has 1 aromatic heterocycles. The molecule has 0 bridgehead atoms. The first-order valence-electron chi connectivity index (χ1n) is 11.3. The number of hydrogen-bond donors (Lipinski definition) is 1. The van der Waals surface area contributed by atoms with E-state index in [1.165, 1.54) is 54.8 Å². The maximum atomic E-state index is 12.8. The molecule has 0 unspecified atom stereocenters. The van der Waals surface area contributed by atoms with Gasteiger partial charge in [-0.3, -0.25) is 4.57 Å². The molecule has 12 heteroatoms. The van der Waals surface area contributed by atoms with Crippen molar-refractivity contribution in [2.45, 2.75) is 58.7 Å². The molecule has 2 aromatic carbocycles. The van der Waals surface area contributed by atoms with Gasteiger partial charge in [0, 0.05) is 6.54 Å². The van der Waals surface area contributed by atoms with Crippen LogP contribution in [0.15, 0.2) is 53.3 Å². The summed E-state index contributed by atoms with van der Waals surface area (Å²) in [6.45, 7) is 4.59. The topological polar surface area (TPSA) is 113 Å². The highest BCUT2D eigenvalue weighted by atomic mass is 19.4. The van der Waals surface area contributed by atoms with E-state index < -0.39 is 35.0 Å². The standard InChI is InChI=1S/C25H26F3N3O6/c1-4-13-30-20(29-31(23(30)35)14-16-5-9-18(10-6-16)25(26,27)28)15-36-21(32)17-7-11-19(12-8-17)37-24(2,3)22(33)34/h5-12H,4,13-15H2,1-3H3,(H,33,34). The smallest absolute Gasteiger partial charge is 0.416 e. The Hall–Kier alpha value is -4.09. The molecule has 0 aliphatic carbocycles. The van der Waals surface area contributed by atoms with E-state index in [0.717, 1.165) is 16.8 Å². The van der Waals surface area contributed by atoms with E-state index in [2.05, 4.69) is 5.10 Å². The van der Waals surface area contributed by atoms with Crippen molar-refractivity contribution in [2.24, 2.45) is 0 Å². The maximum Gasteiger partial charge on any atom is 0.416 e. The molecule has 0 saturated carbocycles. The Bertz CT molecular complexity index is 1310. The van der Waals surface area contributed by atoms with Crippen molar-refractivity contribution in [3.63, 3.8) is 0 Å². The molecule has 0 fully saturated rings. The molecule has 0 saturated heterocycles. The zero-order chi connectivity index (χ0) is 27.4. The van der Waals surface area contributed by atoms with E-state index in [-0.39, 0.29) is 30.3 Å². The molecule has 9 nitrogen and oxygen atoms in total. The number of carboxylic acids is 1. The Labute approximate surface area is 210 Å². The fourth-order valence-corrected chi connectivity index (χ4v) is 3.33. The average Bonchev–Trinajstić information content (AvgIpc) is 3.12. The number of carbonyl (C=O) groups excluding carboxylic acids is 1. The first-order chi connectivity index (χ1) is 17.3. The second-order valence-electron chi connectivity index (χ2n) is 8.72. The van der Waals surface area contributed by atoms with Crippen LogP contribution in [0, 0.1) is 0 Å². The number of alkyl halides is 3. The number of halogens is 3. The van der Waals surface area contributed by atoms with Crippen molar-refractivity contribution in [1.29, 1.82) is 0 Å². The number of benzene rings is 2. The minimum absolute atomic E-state index is 0.0528. The normalized spacial score (nSPS) is 11.8. The van der Waals surface area contributed by atoms with Crippen LogP contribution in [0.1, 0.15) is 54.5 Å². The zero-order valence-corrected chi connectivity index (χ0v) is 20.4. The van der Waals surface area contributed by atoms with Crippen LogP contribution in [0.25, 0.3) is 0 Å². The first kappa shape index (κ1) is 27.5. The Morgan fingerprint density at radius 3 is 2.19 bits per heavy atom. The number of aromatic nitrogens is 3. The highest BCUT2D eigenvalue weighted by Crippen LogP contribution is 2.29. The summed E-state index contributed by atoms with van der Waals surface area (Å²) in [6.07, 6.45) is -3.86. The summed E-state index contributed by atoms with van der Waals surface area (Å²) in [5.41, 5.74) is -2.10. The van der Waals surface area contributed by atoms with Crippen LogP contribution >= 0.6 is 0 Å². The van der Waals surface area contributed by atoms with Gasteiger partial charge in [-0.1, -0.05) is 19.1 Å². The van der Waals surface area contributed by atoms with Crippen molar-refractivity contribution < 1.29 is 37.3 Å². The van der Waals surface area contributed by atoms with Gasteiger partial charge in [-0.15, -0.1) is 0 Å². The van der Waals surface area contributed by atoms with E-state index in [1.54, 1.807) is 0 Å². The van der Waals surface area contributed by atoms with Crippen LogP contribution in [0.3, 0.4) is 0 Å². The fraction of sp³-hybridized carbons (Fsp3) is 0.360. The number of hydrogen-bond acceptors (Lipinski definition) is 6. The van der Waals surface area contributed by atoms with Gasteiger partial charge in [0.05, 0.1) is 17.7 Å². The lowest BCUT2D eigenvalue weighted by molar-refractivity contribution is -0.152. The second-order valence-corrected chi connectivity index (χ2v) is 8.72. The van der Waals surface area contributed by atoms with Gasteiger partial charge < -0.3 is 14.6 Å². The van der Waals surface area contributed by atoms with Crippen LogP contribution in [0.2, 0.25) is 0 Å². The fourth-order valence-electron chi connectivity index (χ4n) is 3.33. The van der Waals surface area contributed by atoms with E-state index in [9.17, 15) is 27.6 Å². The second kappa shape index (κ2) is 10.9. The third-order valence-electron chi connectivity index (χ3n) is 5.37. The lowest BCUT2D eigenvalue weighted by atomic mass is 10.1. The van der Waals surface area contributed by atoms with Crippen molar-refractivity contribution >= 4 is 11.9 Å². The number of carboxylic acid groups (broad SMARTS) is 1. The Morgan fingerprint density at radius 2 is 1.65 bits per heavy atom. The lowest BCUT2D eigenvalue weighted by Crippen LogP contribution is -2.37. The predicted octanol–water partition coefficient (Wildman–Crippen LogP) is 4.12. The molecule has 3 aromatic rings. The van der Waals surface area contributed by atoms with Gasteiger partial charge in [-0.25, -0.2) is 19.1 Å². The molecular formula is C25H26F3N3O6. The van der Waals surface area contributed by atoms with Crippen molar-refractivity contribution in [1.82, 2.24) is 14.3 Å². The minimum atomic E-state index is -4.46. The molecule has 0 radical (unpaired) electrons. The average molecular weight is 521 g/mol. The SMILES string of the molecule is CCCn1c(COC(=O)c2ccc(OC(C)(C)C(=O)O)cc2)nn(Cc2ccc(C(F)(F)F)cc2)c1=O. The first-order valence-corrected chi connectivity index (χ1v) is 11.3. The number of rotatable bonds is 10. The van der Waals surface area contributed by atoms with Gasteiger partial charge in [-0.2, -0.15) is 18.3 Å². The summed E-state index contributed by atoms with van der Waals surface area (Å²) in [4.78, 5) is 36.5. The van der Waals surface area contributed by atoms with Gasteiger partial charge in [0.15, 0.2) is 18.0 Å². The summed E-state index contributed by atoms with van der Waals surface area (Å²) in [7, 11) is 0. The summed E-state index contributed by atoms with van der Waals surface area (Å²) >= 11 is 0. The quantitative estimate of drug-likeness (QED) is 0.400. The monoisotopic (exact) mass is 521 g/mol. The van der Waals surface area contributed by atoms with Gasteiger partial charge in [0.1, 0.15) is 5.75 Å². The molecule has 0 atom stereocenters. The van der Waals surface area contributed by atoms with Crippen LogP contribution in [-0.4, -0.2) is 37.0 Å². The third-order valence-corrected chi connectivity index (χ3v) is 5.37. The van der Waals surface area contributed by atoms with Crippen LogP contribution in [0.5, 0.6) is 5.75 Å². The summed E-state index contributed by atoms with van der Waals surface area (Å²) in [5, 5.41) is 13.4. The van der Waals surface area contributed by atoms with Crippen molar-refractivity contribution in [2.75, 3.05) is 0 Å². The molecule has 1 heterocycles. The van der Waals surface area contributed by atoms with Gasteiger partial charge in [-0.05, 0) is 62.2 Å². The number of aliphatic carboxylic acids is 1. The summed E-state index contributed by atoms with van der Waals surface area (Å²) in [6, 6.07) is 10.1. The Kier molecular flexibility index (Phi) is 8.09. The maximum absolute atomic E-state index is 12.8. The minimum Gasteiger partial charge on any atom is -0.478 e. The number of esters is 1. The highest BCUT2D eigenvalue weighted by molar-refractivity contribution is 5.89. The third kappa shape index (κ3) is 6.78. The van der Waals surface area contributed by atoms with E-state index >= 15 is 0 Å². The van der Waals surface area contributed by atoms with Crippen molar-refractivity contribution in [3.8, 4) is 5.75 Å². The van der Waals surface area contributed by atoms with Crippen molar-refractivity contribution in [3.05, 3.63) is 81.5 Å². The molecule has 37 heavy (non-hydrogen) atoms.